The Labute approximate surface area is 194 Å². The minimum atomic E-state index is 0.334. The number of nitrogen functional groups attached to an aromatic ring is 1. The lowest BCUT2D eigenvalue weighted by atomic mass is 10.2. The lowest BCUT2D eigenvalue weighted by Gasteiger charge is -2.28. The van der Waals surface area contributed by atoms with Gasteiger partial charge in [0.15, 0.2) is 16.8 Å². The number of nitrogens with two attached hydrogens (primary N) is 1. The molecule has 176 valence electrons. The summed E-state index contributed by atoms with van der Waals surface area (Å²) in [5.41, 5.74) is 4.28. The van der Waals surface area contributed by atoms with E-state index in [0.29, 0.717) is 16.8 Å². The predicted octanol–water partition coefficient (Wildman–Crippen LogP) is 5.24. The second-order valence-corrected chi connectivity index (χ2v) is 8.53. The Morgan fingerprint density at radius 1 is 0.935 bits per heavy atom. The molecule has 0 aliphatic carbocycles. The van der Waals surface area contributed by atoms with Crippen molar-refractivity contribution in [3.63, 3.8) is 0 Å². The number of halogens is 1. The van der Waals surface area contributed by atoms with Crippen LogP contribution in [0.15, 0.2) is 24.3 Å². The molecule has 4 N–H and O–H groups in total. The molecule has 0 bridgehead atoms. The standard InChI is InChI=1S/C13H16ClN7.2C4H10.C2H6/c14-11-13(21-7-5-16-6-8-21)17-12(20-19-11)9-1-3-10(18-15)4-2-9;2*1-4(2)3;1-2/h1-4,16,18H,5-8,15H2;2*4H,1-3H3;1-2H3. The van der Waals surface area contributed by atoms with Crippen LogP contribution in [-0.4, -0.2) is 41.4 Å². The number of anilines is 2. The van der Waals surface area contributed by atoms with E-state index >= 15 is 0 Å². The summed E-state index contributed by atoms with van der Waals surface area (Å²) in [6.45, 7) is 20.5. The van der Waals surface area contributed by atoms with E-state index in [1.807, 2.05) is 38.1 Å². The number of rotatable bonds is 3. The molecule has 8 heteroatoms. The summed E-state index contributed by atoms with van der Waals surface area (Å²) in [6, 6.07) is 7.50. The molecule has 0 saturated carbocycles. The van der Waals surface area contributed by atoms with Crippen molar-refractivity contribution < 1.29 is 0 Å². The molecule has 1 fully saturated rings. The van der Waals surface area contributed by atoms with Crippen molar-refractivity contribution >= 4 is 23.1 Å². The van der Waals surface area contributed by atoms with E-state index in [4.69, 9.17) is 17.4 Å². The number of nitrogens with one attached hydrogen (secondary N) is 2. The third-order valence-electron chi connectivity index (χ3n) is 3.36. The molecule has 2 aromatic rings. The summed E-state index contributed by atoms with van der Waals surface area (Å²) in [4.78, 5) is 6.68. The molecule has 1 aliphatic rings. The topological polar surface area (TPSA) is 92.0 Å². The highest BCUT2D eigenvalue weighted by Gasteiger charge is 2.17. The Balaban J connectivity index is 0.000000767. The average molecular weight is 452 g/mol. The van der Waals surface area contributed by atoms with Crippen molar-refractivity contribution in [2.75, 3.05) is 36.5 Å². The number of benzene rings is 1. The fourth-order valence-corrected chi connectivity index (χ4v) is 2.42. The van der Waals surface area contributed by atoms with E-state index in [-0.39, 0.29) is 0 Å². The molecule has 0 amide bonds. The molecule has 0 atom stereocenters. The Hall–Kier alpha value is -1.96. The van der Waals surface area contributed by atoms with Crippen LogP contribution in [-0.2, 0) is 0 Å². The molecule has 7 nitrogen and oxygen atoms in total. The maximum atomic E-state index is 6.14. The predicted molar refractivity (Wildman–Crippen MR) is 136 cm³/mol. The SMILES string of the molecule is CC.CC(C)C.CC(C)C.NNc1ccc(-c2nnc(Cl)c(N3CCNCC3)n2)cc1. The van der Waals surface area contributed by atoms with Gasteiger partial charge >= 0.3 is 0 Å². The van der Waals surface area contributed by atoms with Gasteiger partial charge in [0, 0.05) is 37.4 Å². The number of piperazine rings is 1. The van der Waals surface area contributed by atoms with Crippen LogP contribution in [0.1, 0.15) is 55.4 Å². The summed E-state index contributed by atoms with van der Waals surface area (Å²) in [6.07, 6.45) is 0. The highest BCUT2D eigenvalue weighted by Crippen LogP contribution is 2.24. The fourth-order valence-electron chi connectivity index (χ4n) is 2.22. The van der Waals surface area contributed by atoms with Gasteiger partial charge in [0.25, 0.3) is 0 Å². The van der Waals surface area contributed by atoms with Crippen molar-refractivity contribution in [2.24, 2.45) is 17.7 Å². The minimum absolute atomic E-state index is 0.334. The van der Waals surface area contributed by atoms with Crippen molar-refractivity contribution in [3.05, 3.63) is 29.4 Å². The van der Waals surface area contributed by atoms with Crippen LogP contribution in [0.2, 0.25) is 5.15 Å². The molecular weight excluding hydrogens is 410 g/mol. The van der Waals surface area contributed by atoms with E-state index in [9.17, 15) is 0 Å². The van der Waals surface area contributed by atoms with Gasteiger partial charge < -0.3 is 15.6 Å². The van der Waals surface area contributed by atoms with Gasteiger partial charge in [-0.25, -0.2) is 4.98 Å². The summed E-state index contributed by atoms with van der Waals surface area (Å²) < 4.78 is 0. The molecule has 0 spiro atoms. The maximum Gasteiger partial charge on any atom is 0.194 e. The maximum absolute atomic E-state index is 6.14. The van der Waals surface area contributed by atoms with E-state index in [1.165, 1.54) is 0 Å². The smallest absolute Gasteiger partial charge is 0.194 e. The molecule has 1 aromatic heterocycles. The molecule has 2 heterocycles. The first-order chi connectivity index (χ1) is 14.7. The highest BCUT2D eigenvalue weighted by molar-refractivity contribution is 6.31. The zero-order chi connectivity index (χ0) is 23.8. The second kappa shape index (κ2) is 16.7. The summed E-state index contributed by atoms with van der Waals surface area (Å²) in [7, 11) is 0. The number of hydrazine groups is 1. The Bertz CT molecular complexity index is 688. The molecule has 0 radical (unpaired) electrons. The Kier molecular flexibility index (Phi) is 15.6. The summed E-state index contributed by atoms with van der Waals surface area (Å²) in [5.74, 6) is 8.26. The van der Waals surface area contributed by atoms with E-state index < -0.39 is 0 Å². The zero-order valence-electron chi connectivity index (χ0n) is 20.5. The largest absolute Gasteiger partial charge is 0.351 e. The van der Waals surface area contributed by atoms with Gasteiger partial charge in [-0.1, -0.05) is 67.0 Å². The van der Waals surface area contributed by atoms with Gasteiger partial charge in [-0.2, -0.15) is 0 Å². The van der Waals surface area contributed by atoms with Crippen molar-refractivity contribution in [3.8, 4) is 11.4 Å². The van der Waals surface area contributed by atoms with Crippen LogP contribution in [0.3, 0.4) is 0 Å². The molecular formula is C23H42ClN7. The molecule has 1 aromatic carbocycles. The van der Waals surface area contributed by atoms with Crippen LogP contribution in [0.4, 0.5) is 11.5 Å². The lowest BCUT2D eigenvalue weighted by molar-refractivity contribution is 0.583. The van der Waals surface area contributed by atoms with Crippen LogP contribution >= 0.6 is 11.6 Å². The fraction of sp³-hybridized carbons (Fsp3) is 0.609. The number of hydrogen-bond donors (Lipinski definition) is 3. The van der Waals surface area contributed by atoms with Gasteiger partial charge in [-0.05, 0) is 36.1 Å². The number of nitrogens with zero attached hydrogens (tertiary/aromatic N) is 4. The van der Waals surface area contributed by atoms with Crippen molar-refractivity contribution in [1.29, 1.82) is 0 Å². The third-order valence-corrected chi connectivity index (χ3v) is 3.60. The van der Waals surface area contributed by atoms with Gasteiger partial charge in [0.2, 0.25) is 0 Å². The van der Waals surface area contributed by atoms with Gasteiger partial charge in [0.05, 0.1) is 0 Å². The summed E-state index contributed by atoms with van der Waals surface area (Å²) in [5, 5.41) is 11.7. The van der Waals surface area contributed by atoms with E-state index in [2.05, 4.69) is 72.4 Å². The van der Waals surface area contributed by atoms with Crippen LogP contribution in [0, 0.1) is 11.8 Å². The van der Waals surface area contributed by atoms with E-state index in [0.717, 1.165) is 49.3 Å². The molecule has 1 saturated heterocycles. The normalized spacial score (nSPS) is 12.7. The minimum Gasteiger partial charge on any atom is -0.351 e. The van der Waals surface area contributed by atoms with Gasteiger partial charge in [-0.15, -0.1) is 10.2 Å². The first kappa shape index (κ1) is 29.0. The van der Waals surface area contributed by atoms with Crippen LogP contribution < -0.4 is 21.5 Å². The Morgan fingerprint density at radius 2 is 1.42 bits per heavy atom. The van der Waals surface area contributed by atoms with Crippen LogP contribution in [0.25, 0.3) is 11.4 Å². The number of hydrogen-bond acceptors (Lipinski definition) is 7. The Morgan fingerprint density at radius 3 is 1.87 bits per heavy atom. The number of aromatic nitrogens is 3. The first-order valence-corrected chi connectivity index (χ1v) is 11.5. The summed E-state index contributed by atoms with van der Waals surface area (Å²) >= 11 is 6.14. The monoisotopic (exact) mass is 451 g/mol. The van der Waals surface area contributed by atoms with Gasteiger partial charge in [0.1, 0.15) is 0 Å². The van der Waals surface area contributed by atoms with Crippen molar-refractivity contribution in [1.82, 2.24) is 20.5 Å². The molecule has 31 heavy (non-hydrogen) atoms. The average Bonchev–Trinajstić information content (AvgIpc) is 2.75. The van der Waals surface area contributed by atoms with E-state index in [1.54, 1.807) is 0 Å². The second-order valence-electron chi connectivity index (χ2n) is 8.17. The third kappa shape index (κ3) is 12.5. The molecule has 1 aliphatic heterocycles. The molecule has 0 unspecified atom stereocenters. The van der Waals surface area contributed by atoms with Gasteiger partial charge in [-0.3, -0.25) is 5.84 Å². The lowest BCUT2D eigenvalue weighted by Crippen LogP contribution is -2.44. The zero-order valence-corrected chi connectivity index (χ0v) is 21.3. The van der Waals surface area contributed by atoms with Crippen LogP contribution in [0.5, 0.6) is 0 Å². The highest BCUT2D eigenvalue weighted by atomic mass is 35.5. The molecule has 3 rings (SSSR count). The van der Waals surface area contributed by atoms with Crippen molar-refractivity contribution in [2.45, 2.75) is 55.4 Å². The first-order valence-electron chi connectivity index (χ1n) is 11.2. The quantitative estimate of drug-likeness (QED) is 0.434.